The minimum Gasteiger partial charge on any atom is -0.459 e. The summed E-state index contributed by atoms with van der Waals surface area (Å²) < 4.78 is 26.7. The predicted molar refractivity (Wildman–Crippen MR) is 251 cm³/mol. The largest absolute Gasteiger partial charge is 0.459 e. The fourth-order valence-electron chi connectivity index (χ4n) is 9.81. The highest BCUT2D eigenvalue weighted by Crippen LogP contribution is 2.62. The smallest absolute Gasteiger partial charge is 0.415 e. The molecule has 68 heavy (non-hydrogen) atoms. The maximum Gasteiger partial charge on any atom is 0.415 e. The Morgan fingerprint density at radius 1 is 0.912 bits per heavy atom. The Labute approximate surface area is 393 Å². The first kappa shape index (κ1) is 49.0. The van der Waals surface area contributed by atoms with Crippen molar-refractivity contribution in [2.24, 2.45) is 22.9 Å². The third-order valence-corrected chi connectivity index (χ3v) is 12.8. The summed E-state index contributed by atoms with van der Waals surface area (Å²) in [6, 6.07) is 22.6. The first-order valence-corrected chi connectivity index (χ1v) is 22.9. The lowest BCUT2D eigenvalue weighted by atomic mass is 9.55. The van der Waals surface area contributed by atoms with Gasteiger partial charge in [-0.2, -0.15) is 0 Å². The molecule has 4 aromatic carbocycles. The molecule has 2 aliphatic carbocycles. The molecule has 4 aromatic rings. The van der Waals surface area contributed by atoms with Crippen molar-refractivity contribution in [3.05, 3.63) is 152 Å². The standard InChI is InChI=1S/C51H56N4O13/c1-3-24-53(50(59)67-39-20-18-38(19-21-39)55(62)63)47-31-45(52-65-33-34-14-16-37(17-15-34)54(60)61)43-29-36(11-5-7-25-56)42(13-6-8-26-57)48-44-30-41(66-40-12-9-10-35(28-40)32-58)22-23-46(44)68-51(47,49(43)48)64-27-4-2/h4,9-10,12,14-23,28-30,32,36,42,47-49,56-57H,2-3,5-8,11,13,24-27,31,33H2,1H3. The van der Waals surface area contributed by atoms with Crippen LogP contribution in [0.1, 0.15) is 85.7 Å². The van der Waals surface area contributed by atoms with E-state index in [1.54, 1.807) is 53.4 Å². The lowest BCUT2D eigenvalue weighted by molar-refractivity contribution is -0.385. The third-order valence-electron chi connectivity index (χ3n) is 12.8. The van der Waals surface area contributed by atoms with Gasteiger partial charge in [0.05, 0.1) is 28.1 Å². The van der Waals surface area contributed by atoms with E-state index in [0.717, 1.165) is 23.8 Å². The number of benzene rings is 4. The number of carbonyl (C=O) groups is 2. The highest BCUT2D eigenvalue weighted by Gasteiger charge is 2.65. The van der Waals surface area contributed by atoms with Crippen molar-refractivity contribution in [3.8, 4) is 23.0 Å². The van der Waals surface area contributed by atoms with Crippen LogP contribution in [0.4, 0.5) is 16.2 Å². The van der Waals surface area contributed by atoms with Crippen LogP contribution in [-0.4, -0.2) is 81.2 Å². The van der Waals surface area contributed by atoms with Crippen molar-refractivity contribution in [1.82, 2.24) is 4.90 Å². The monoisotopic (exact) mass is 932 g/mol. The van der Waals surface area contributed by atoms with Crippen LogP contribution in [0.15, 0.2) is 120 Å². The van der Waals surface area contributed by atoms with E-state index in [2.05, 4.69) is 12.7 Å². The number of aliphatic hydroxyl groups excluding tert-OH is 2. The molecule has 7 rings (SSSR count). The summed E-state index contributed by atoms with van der Waals surface area (Å²) in [5.74, 6) is -1.29. The molecule has 3 aliphatic rings. The minimum absolute atomic E-state index is 0.00876. The average molecular weight is 933 g/mol. The van der Waals surface area contributed by atoms with Gasteiger partial charge in [0.1, 0.15) is 41.9 Å². The molecule has 1 fully saturated rings. The van der Waals surface area contributed by atoms with Gasteiger partial charge < -0.3 is 34.0 Å². The second-order valence-corrected chi connectivity index (χ2v) is 17.1. The number of hydrogen-bond acceptors (Lipinski definition) is 14. The van der Waals surface area contributed by atoms with E-state index in [1.165, 1.54) is 36.4 Å². The molecular formula is C51H56N4O13. The molecule has 1 amide bonds. The van der Waals surface area contributed by atoms with Crippen LogP contribution in [0, 0.1) is 38.0 Å². The Kier molecular flexibility index (Phi) is 16.3. The number of nitro groups is 2. The number of amides is 1. The molecule has 0 spiro atoms. The average Bonchev–Trinajstić information content (AvgIpc) is 3.34. The molecule has 358 valence electrons. The molecule has 1 heterocycles. The molecule has 1 saturated carbocycles. The summed E-state index contributed by atoms with van der Waals surface area (Å²) in [6.07, 6.45) is 8.34. The van der Waals surface area contributed by atoms with E-state index in [9.17, 15) is 40.0 Å². The highest BCUT2D eigenvalue weighted by molar-refractivity contribution is 6.03. The van der Waals surface area contributed by atoms with Gasteiger partial charge in [0.2, 0.25) is 5.79 Å². The van der Waals surface area contributed by atoms with Gasteiger partial charge in [0, 0.05) is 67.5 Å². The van der Waals surface area contributed by atoms with E-state index in [0.29, 0.717) is 72.6 Å². The van der Waals surface area contributed by atoms with E-state index in [1.807, 2.05) is 19.1 Å². The summed E-state index contributed by atoms with van der Waals surface area (Å²) >= 11 is 0. The number of aldehydes is 1. The van der Waals surface area contributed by atoms with Crippen molar-refractivity contribution < 1.29 is 53.4 Å². The number of nitro benzene ring substituents is 2. The zero-order valence-corrected chi connectivity index (χ0v) is 37.9. The number of unbranched alkanes of at least 4 members (excludes halogenated alkanes) is 2. The van der Waals surface area contributed by atoms with Gasteiger partial charge in [-0.3, -0.25) is 29.9 Å². The Morgan fingerprint density at radius 3 is 2.25 bits per heavy atom. The summed E-state index contributed by atoms with van der Waals surface area (Å²) in [5, 5.41) is 47.6. The molecule has 2 N–H and O–H groups in total. The van der Waals surface area contributed by atoms with Crippen molar-refractivity contribution in [1.29, 1.82) is 0 Å². The summed E-state index contributed by atoms with van der Waals surface area (Å²) in [6.45, 7) is 6.11. The highest BCUT2D eigenvalue weighted by atomic mass is 16.7. The SMILES string of the molecule is C=CCOC12Oc3ccc(Oc4cccc(C=O)c4)cc3C3C(CCCCO)C(CCCCO)C=C(C(=NOCc4ccc([N+](=O)[O-])cc4)CC1N(CCC)C(=O)Oc1ccc([N+](=O)[O-])cc1)C32. The zero-order chi connectivity index (χ0) is 48.2. The fraction of sp³-hybridized carbons (Fsp3) is 0.392. The van der Waals surface area contributed by atoms with Gasteiger partial charge in [-0.25, -0.2) is 4.79 Å². The van der Waals surface area contributed by atoms with Gasteiger partial charge in [-0.1, -0.05) is 49.2 Å². The molecule has 0 aromatic heterocycles. The summed E-state index contributed by atoms with van der Waals surface area (Å²) in [5.41, 5.74) is 2.95. The van der Waals surface area contributed by atoms with Crippen LogP contribution >= 0.6 is 0 Å². The Balaban J connectivity index is 1.42. The number of nitrogens with zero attached hydrogens (tertiary/aromatic N) is 4. The second kappa shape index (κ2) is 22.7. The molecule has 6 atom stereocenters. The fourth-order valence-corrected chi connectivity index (χ4v) is 9.81. The molecule has 17 nitrogen and oxygen atoms in total. The van der Waals surface area contributed by atoms with Crippen LogP contribution < -0.4 is 14.2 Å². The number of carbonyl (C=O) groups excluding carboxylic acids is 2. The summed E-state index contributed by atoms with van der Waals surface area (Å²) in [7, 11) is 0. The second-order valence-electron chi connectivity index (χ2n) is 17.1. The van der Waals surface area contributed by atoms with Gasteiger partial charge in [-0.15, -0.1) is 6.58 Å². The van der Waals surface area contributed by atoms with Gasteiger partial charge >= 0.3 is 6.09 Å². The zero-order valence-electron chi connectivity index (χ0n) is 37.9. The molecule has 1 aliphatic heterocycles. The predicted octanol–water partition coefficient (Wildman–Crippen LogP) is 9.85. The van der Waals surface area contributed by atoms with Crippen molar-refractivity contribution in [2.45, 2.75) is 82.6 Å². The topological polar surface area (TPSA) is 223 Å². The lowest BCUT2D eigenvalue weighted by Crippen LogP contribution is -2.70. The van der Waals surface area contributed by atoms with Gasteiger partial charge in [-0.05, 0) is 110 Å². The Morgan fingerprint density at radius 2 is 1.59 bits per heavy atom. The number of allylic oxidation sites excluding steroid dienone is 1. The van der Waals surface area contributed by atoms with E-state index < -0.39 is 33.7 Å². The number of rotatable bonds is 23. The Hall–Kier alpha value is -6.95. The summed E-state index contributed by atoms with van der Waals surface area (Å²) in [4.78, 5) is 55.9. The quantitative estimate of drug-likeness (QED) is 0.0233. The van der Waals surface area contributed by atoms with E-state index >= 15 is 0 Å². The number of fused-ring (bicyclic) bond motifs is 2. The molecule has 17 heteroatoms. The van der Waals surface area contributed by atoms with E-state index in [-0.39, 0.29) is 74.3 Å². The van der Waals surface area contributed by atoms with Crippen molar-refractivity contribution in [2.75, 3.05) is 26.4 Å². The van der Waals surface area contributed by atoms with E-state index in [4.69, 9.17) is 28.9 Å². The molecular weight excluding hydrogens is 877 g/mol. The van der Waals surface area contributed by atoms with Crippen LogP contribution in [-0.2, 0) is 16.2 Å². The minimum atomic E-state index is -1.61. The van der Waals surface area contributed by atoms with Crippen LogP contribution in [0.2, 0.25) is 0 Å². The number of aliphatic hydroxyl groups is 2. The number of non-ortho nitro benzene ring substituents is 2. The molecule has 0 saturated heterocycles. The van der Waals surface area contributed by atoms with Crippen molar-refractivity contribution in [3.63, 3.8) is 0 Å². The number of ether oxygens (including phenoxy) is 4. The van der Waals surface area contributed by atoms with Crippen molar-refractivity contribution >= 4 is 29.5 Å². The molecule has 0 radical (unpaired) electrons. The maximum absolute atomic E-state index is 14.7. The van der Waals surface area contributed by atoms with Gasteiger partial charge in [0.25, 0.3) is 11.4 Å². The van der Waals surface area contributed by atoms with Crippen LogP contribution in [0.25, 0.3) is 0 Å². The molecule has 6 unspecified atom stereocenters. The number of oxime groups is 1. The normalized spacial score (nSPS) is 21.8. The number of hydrogen-bond donors (Lipinski definition) is 2. The molecule has 0 bridgehead atoms. The van der Waals surface area contributed by atoms with Crippen LogP contribution in [0.5, 0.6) is 23.0 Å². The Bertz CT molecular complexity index is 2490. The lowest BCUT2D eigenvalue weighted by Gasteiger charge is -2.59. The maximum atomic E-state index is 14.7. The van der Waals surface area contributed by atoms with Crippen LogP contribution in [0.3, 0.4) is 0 Å². The first-order chi connectivity index (χ1) is 33.0. The van der Waals surface area contributed by atoms with Gasteiger partial charge in [0.15, 0.2) is 0 Å². The first-order valence-electron chi connectivity index (χ1n) is 22.9. The third kappa shape index (κ3) is 10.9.